The van der Waals surface area contributed by atoms with Crippen LogP contribution in [-0.2, 0) is 15.4 Å². The fourth-order valence-electron chi connectivity index (χ4n) is 3.62. The third-order valence-electron chi connectivity index (χ3n) is 5.10. The van der Waals surface area contributed by atoms with Crippen LogP contribution in [-0.4, -0.2) is 67.4 Å². The summed E-state index contributed by atoms with van der Waals surface area (Å²) in [5, 5.41) is 5.40. The lowest BCUT2D eigenvalue weighted by molar-refractivity contribution is -0.0697. The van der Waals surface area contributed by atoms with E-state index in [1.165, 1.54) is 6.07 Å². The van der Waals surface area contributed by atoms with Gasteiger partial charge in [-0.2, -0.15) is 8.78 Å². The second-order valence-electron chi connectivity index (χ2n) is 7.24. The predicted octanol–water partition coefficient (Wildman–Crippen LogP) is 2.55. The number of ether oxygens (including phenoxy) is 2. The van der Waals surface area contributed by atoms with Gasteiger partial charge in [-0.1, -0.05) is 0 Å². The van der Waals surface area contributed by atoms with Crippen molar-refractivity contribution in [3.8, 4) is 11.4 Å². The fraction of sp³-hybridized carbons (Fsp3) is 0.474. The van der Waals surface area contributed by atoms with Crippen molar-refractivity contribution < 1.29 is 31.8 Å². The van der Waals surface area contributed by atoms with Crippen LogP contribution in [0.5, 0.6) is 0 Å². The van der Waals surface area contributed by atoms with Gasteiger partial charge < -0.3 is 19.7 Å². The number of fused-ring (bicyclic) bond motifs is 1. The molecule has 2 aliphatic heterocycles. The van der Waals surface area contributed by atoms with Gasteiger partial charge in [0.05, 0.1) is 11.3 Å². The molecule has 1 amide bonds. The number of nitrogens with zero attached hydrogens (tertiary/aromatic N) is 4. The number of aromatic nitrogens is 3. The maximum atomic E-state index is 14.8. The van der Waals surface area contributed by atoms with E-state index in [9.17, 15) is 22.4 Å². The van der Waals surface area contributed by atoms with Crippen molar-refractivity contribution in [2.75, 3.05) is 50.1 Å². The van der Waals surface area contributed by atoms with Gasteiger partial charge in [0.2, 0.25) is 0 Å². The molecule has 172 valence electrons. The third kappa shape index (κ3) is 4.30. The number of halogens is 4. The van der Waals surface area contributed by atoms with Crippen LogP contribution < -0.4 is 15.5 Å². The van der Waals surface area contributed by atoms with Gasteiger partial charge in [0.25, 0.3) is 12.3 Å². The van der Waals surface area contributed by atoms with Gasteiger partial charge in [0.15, 0.2) is 6.10 Å². The number of hydrogen-bond donors (Lipinski definition) is 2. The van der Waals surface area contributed by atoms with E-state index in [4.69, 9.17) is 4.74 Å². The molecule has 0 saturated carbocycles. The predicted molar refractivity (Wildman–Crippen MR) is 105 cm³/mol. The number of carbonyl (C=O) groups excluding carboxylic acids is 1. The first-order valence-corrected chi connectivity index (χ1v) is 9.76. The van der Waals surface area contributed by atoms with Crippen LogP contribution in [0.2, 0.25) is 0 Å². The zero-order chi connectivity index (χ0) is 22.9. The van der Waals surface area contributed by atoms with E-state index in [-0.39, 0.29) is 28.6 Å². The lowest BCUT2D eigenvalue weighted by atomic mass is 10.0. The first-order valence-electron chi connectivity index (χ1n) is 9.76. The van der Waals surface area contributed by atoms with Crippen LogP contribution in [0.15, 0.2) is 18.5 Å². The summed E-state index contributed by atoms with van der Waals surface area (Å²) >= 11 is 0. The molecule has 2 aliphatic rings. The number of cyclic esters (lactones) is 1. The van der Waals surface area contributed by atoms with Crippen LogP contribution in [0.4, 0.5) is 34.0 Å². The Labute approximate surface area is 180 Å². The molecule has 32 heavy (non-hydrogen) atoms. The molecule has 2 aromatic heterocycles. The summed E-state index contributed by atoms with van der Waals surface area (Å²) in [5.41, 5.74) is -0.838. The number of hydrogen-bond acceptors (Lipinski definition) is 8. The van der Waals surface area contributed by atoms with Crippen molar-refractivity contribution in [2.24, 2.45) is 0 Å². The third-order valence-corrected chi connectivity index (χ3v) is 5.10. The van der Waals surface area contributed by atoms with Crippen molar-refractivity contribution in [1.29, 1.82) is 0 Å². The van der Waals surface area contributed by atoms with E-state index < -0.39 is 36.7 Å². The topological polar surface area (TPSA) is 102 Å². The average molecular weight is 456 g/mol. The normalized spacial score (nSPS) is 18.9. The molecule has 0 aromatic carbocycles. The van der Waals surface area contributed by atoms with Crippen molar-refractivity contribution in [2.45, 2.75) is 18.5 Å². The van der Waals surface area contributed by atoms with Crippen LogP contribution in [0.25, 0.3) is 11.4 Å². The van der Waals surface area contributed by atoms with Crippen LogP contribution in [0, 0.1) is 0 Å². The molecule has 2 aromatic rings. The maximum absolute atomic E-state index is 14.8. The largest absolute Gasteiger partial charge is 0.435 e. The van der Waals surface area contributed by atoms with E-state index in [1.54, 1.807) is 0 Å². The smallest absolute Gasteiger partial charge is 0.413 e. The summed E-state index contributed by atoms with van der Waals surface area (Å²) in [6, 6.07) is 2.33. The number of anilines is 2. The molecule has 1 fully saturated rings. The second kappa shape index (κ2) is 8.82. The highest BCUT2D eigenvalue weighted by atomic mass is 19.3. The molecule has 1 saturated heterocycles. The highest BCUT2D eigenvalue weighted by molar-refractivity contribution is 5.88. The lowest BCUT2D eigenvalue weighted by Crippen LogP contribution is -2.44. The Morgan fingerprint density at radius 3 is 2.72 bits per heavy atom. The molecule has 0 aliphatic carbocycles. The van der Waals surface area contributed by atoms with E-state index >= 15 is 0 Å². The van der Waals surface area contributed by atoms with Crippen LogP contribution >= 0.6 is 0 Å². The summed E-state index contributed by atoms with van der Waals surface area (Å²) in [7, 11) is 1.15. The summed E-state index contributed by atoms with van der Waals surface area (Å²) in [6.07, 6.45) is -5.12. The average Bonchev–Trinajstić information content (AvgIpc) is 2.78. The van der Waals surface area contributed by atoms with Gasteiger partial charge in [0.1, 0.15) is 30.3 Å². The molecule has 2 N–H and O–H groups in total. The summed E-state index contributed by atoms with van der Waals surface area (Å²) in [5.74, 6) is -3.30. The van der Waals surface area contributed by atoms with Crippen LogP contribution in [0.3, 0.4) is 0 Å². The van der Waals surface area contributed by atoms with E-state index in [0.29, 0.717) is 26.2 Å². The van der Waals surface area contributed by atoms with Gasteiger partial charge in [-0.3, -0.25) is 5.32 Å². The summed E-state index contributed by atoms with van der Waals surface area (Å²) in [4.78, 5) is 25.7. The molecular weight excluding hydrogens is 436 g/mol. The quantitative estimate of drug-likeness (QED) is 0.640. The van der Waals surface area contributed by atoms with Crippen molar-refractivity contribution in [1.82, 2.24) is 20.3 Å². The number of rotatable bonds is 6. The minimum absolute atomic E-state index is 0.0733. The maximum Gasteiger partial charge on any atom is 0.413 e. The Morgan fingerprint density at radius 1 is 1.28 bits per heavy atom. The molecule has 0 spiro atoms. The standard InChI is InChI=1S/C19H20F4N6O3/c1-31-8-19(22,23)10-6-11(27-12(7-10)29-4-2-24-3-5-29)14-13-15(16(20)21)32-18(30)28-17(13)26-9-25-14/h6-7,9,15-16,24H,2-5,8H2,1H3,(H,25,26,28,30). The van der Waals surface area contributed by atoms with Crippen LogP contribution in [0.1, 0.15) is 17.2 Å². The molecule has 0 radical (unpaired) electrons. The van der Waals surface area contributed by atoms with Gasteiger partial charge in [0, 0.05) is 38.9 Å². The molecule has 0 bridgehead atoms. The first-order chi connectivity index (χ1) is 15.3. The van der Waals surface area contributed by atoms with Gasteiger partial charge >= 0.3 is 6.09 Å². The van der Waals surface area contributed by atoms with Crippen molar-refractivity contribution >= 4 is 17.7 Å². The highest BCUT2D eigenvalue weighted by Gasteiger charge is 2.39. The van der Waals surface area contributed by atoms with E-state index in [1.807, 2.05) is 4.90 Å². The van der Waals surface area contributed by atoms with Gasteiger partial charge in [-0.25, -0.2) is 28.5 Å². The SMILES string of the molecule is COCC(F)(F)c1cc(-c2ncnc3c2C(C(F)F)OC(=O)N3)nc(N2CCNCC2)c1. The molecule has 4 heterocycles. The molecule has 13 heteroatoms. The summed E-state index contributed by atoms with van der Waals surface area (Å²) < 4.78 is 66.3. The number of methoxy groups -OCH3 is 1. The first kappa shape index (κ1) is 22.1. The number of alkyl halides is 4. The Balaban J connectivity index is 1.88. The second-order valence-corrected chi connectivity index (χ2v) is 7.24. The van der Waals surface area contributed by atoms with Crippen molar-refractivity contribution in [3.05, 3.63) is 29.6 Å². The zero-order valence-corrected chi connectivity index (χ0v) is 16.9. The number of carbonyl (C=O) groups is 1. The van der Waals surface area contributed by atoms with Gasteiger partial charge in [-0.15, -0.1) is 0 Å². The minimum atomic E-state index is -3.37. The van der Waals surface area contributed by atoms with E-state index in [0.717, 1.165) is 19.5 Å². The Bertz CT molecular complexity index is 1000. The monoisotopic (exact) mass is 456 g/mol. The summed E-state index contributed by atoms with van der Waals surface area (Å²) in [6.45, 7) is 1.43. The lowest BCUT2D eigenvalue weighted by Gasteiger charge is -2.30. The number of pyridine rings is 1. The number of piperazine rings is 1. The molecule has 9 nitrogen and oxygen atoms in total. The Hall–Kier alpha value is -3.06. The Kier molecular flexibility index (Phi) is 6.11. The molecule has 1 atom stereocenters. The van der Waals surface area contributed by atoms with Gasteiger partial charge in [-0.05, 0) is 12.1 Å². The van der Waals surface area contributed by atoms with Crippen molar-refractivity contribution in [3.63, 3.8) is 0 Å². The minimum Gasteiger partial charge on any atom is -0.435 e. The number of amides is 1. The fourth-order valence-corrected chi connectivity index (χ4v) is 3.62. The molecular formula is C19H20F4N6O3. The number of nitrogens with one attached hydrogen (secondary N) is 2. The van der Waals surface area contributed by atoms with E-state index in [2.05, 4.69) is 30.3 Å². The Morgan fingerprint density at radius 2 is 2.03 bits per heavy atom. The zero-order valence-electron chi connectivity index (χ0n) is 16.9. The molecule has 4 rings (SSSR count). The molecule has 1 unspecified atom stereocenters. The highest BCUT2D eigenvalue weighted by Crippen LogP contribution is 2.40.